The highest BCUT2D eigenvalue weighted by molar-refractivity contribution is 7.07. The number of aromatic nitrogens is 1. The van der Waals surface area contributed by atoms with Gasteiger partial charge in [0.1, 0.15) is 0 Å². The molecular formula is C13H19N3O3S. The zero-order valence-electron chi connectivity index (χ0n) is 11.5. The standard InChI is InChI=1S/C13H19N3O3S/c1-2-13(11(17)18)3-5-16(6-4-13)12(19)14-7-10-8-20-9-15-10/h8-9H,2-7H2,1H3,(H,14,19)(H,17,18). The summed E-state index contributed by atoms with van der Waals surface area (Å²) in [5, 5.41) is 14.0. The van der Waals surface area contributed by atoms with Gasteiger partial charge in [0.15, 0.2) is 0 Å². The fourth-order valence-electron chi connectivity index (χ4n) is 2.46. The van der Waals surface area contributed by atoms with Gasteiger partial charge < -0.3 is 15.3 Å². The first kappa shape index (κ1) is 14.8. The van der Waals surface area contributed by atoms with E-state index in [1.165, 1.54) is 11.3 Å². The van der Waals surface area contributed by atoms with Crippen LogP contribution in [0.1, 0.15) is 31.9 Å². The Kier molecular flexibility index (Phi) is 4.59. The molecule has 1 fully saturated rings. The number of nitrogens with zero attached hydrogens (tertiary/aromatic N) is 2. The van der Waals surface area contributed by atoms with Crippen molar-refractivity contribution in [3.05, 3.63) is 16.6 Å². The predicted molar refractivity (Wildman–Crippen MR) is 75.5 cm³/mol. The molecule has 0 atom stereocenters. The molecule has 1 aliphatic heterocycles. The Labute approximate surface area is 121 Å². The van der Waals surface area contributed by atoms with E-state index in [0.29, 0.717) is 38.9 Å². The molecule has 0 spiro atoms. The van der Waals surface area contributed by atoms with Crippen molar-refractivity contribution in [1.29, 1.82) is 0 Å². The Balaban J connectivity index is 1.84. The average Bonchev–Trinajstić information content (AvgIpc) is 2.98. The zero-order chi connectivity index (χ0) is 14.6. The van der Waals surface area contributed by atoms with Crippen LogP contribution in [0.25, 0.3) is 0 Å². The Morgan fingerprint density at radius 2 is 2.20 bits per heavy atom. The number of nitrogens with one attached hydrogen (secondary N) is 1. The quantitative estimate of drug-likeness (QED) is 0.889. The number of amides is 2. The fraction of sp³-hybridized carbons (Fsp3) is 0.615. The van der Waals surface area contributed by atoms with E-state index in [9.17, 15) is 14.7 Å². The van der Waals surface area contributed by atoms with Crippen molar-refractivity contribution in [2.24, 2.45) is 5.41 Å². The number of urea groups is 1. The van der Waals surface area contributed by atoms with Gasteiger partial charge in [-0.2, -0.15) is 0 Å². The minimum Gasteiger partial charge on any atom is -0.481 e. The fourth-order valence-corrected chi connectivity index (χ4v) is 3.02. The SMILES string of the molecule is CCC1(C(=O)O)CCN(C(=O)NCc2cscn2)CC1. The van der Waals surface area contributed by atoms with Gasteiger partial charge in [-0.15, -0.1) is 11.3 Å². The number of carbonyl (C=O) groups is 2. The van der Waals surface area contributed by atoms with Gasteiger partial charge in [-0.3, -0.25) is 4.79 Å². The highest BCUT2D eigenvalue weighted by Gasteiger charge is 2.40. The highest BCUT2D eigenvalue weighted by Crippen LogP contribution is 2.35. The molecule has 2 amide bonds. The van der Waals surface area contributed by atoms with Crippen LogP contribution in [0.4, 0.5) is 4.79 Å². The summed E-state index contributed by atoms with van der Waals surface area (Å²) < 4.78 is 0. The van der Waals surface area contributed by atoms with Gasteiger partial charge in [0.05, 0.1) is 23.2 Å². The summed E-state index contributed by atoms with van der Waals surface area (Å²) >= 11 is 1.49. The van der Waals surface area contributed by atoms with Crippen LogP contribution in [0, 0.1) is 5.41 Å². The Morgan fingerprint density at radius 3 is 2.70 bits per heavy atom. The lowest BCUT2D eigenvalue weighted by atomic mass is 9.76. The van der Waals surface area contributed by atoms with E-state index >= 15 is 0 Å². The summed E-state index contributed by atoms with van der Waals surface area (Å²) in [6, 6.07) is -0.145. The van der Waals surface area contributed by atoms with Crippen molar-refractivity contribution < 1.29 is 14.7 Å². The summed E-state index contributed by atoms with van der Waals surface area (Å²) in [5.74, 6) is -0.748. The van der Waals surface area contributed by atoms with Gasteiger partial charge >= 0.3 is 12.0 Å². The number of thiazole rings is 1. The maximum atomic E-state index is 12.0. The van der Waals surface area contributed by atoms with Crippen molar-refractivity contribution in [2.75, 3.05) is 13.1 Å². The Bertz CT molecular complexity index is 467. The second-order valence-corrected chi connectivity index (χ2v) is 5.78. The van der Waals surface area contributed by atoms with Crippen LogP contribution in [0.2, 0.25) is 0 Å². The third kappa shape index (κ3) is 3.09. The van der Waals surface area contributed by atoms with Crippen molar-refractivity contribution in [3.8, 4) is 0 Å². The second kappa shape index (κ2) is 6.21. The van der Waals surface area contributed by atoms with Crippen molar-refractivity contribution in [1.82, 2.24) is 15.2 Å². The summed E-state index contributed by atoms with van der Waals surface area (Å²) in [4.78, 5) is 29.1. The summed E-state index contributed by atoms with van der Waals surface area (Å²) in [6.45, 7) is 3.29. The normalized spacial score (nSPS) is 17.8. The topological polar surface area (TPSA) is 82.5 Å². The zero-order valence-corrected chi connectivity index (χ0v) is 12.3. The molecule has 2 rings (SSSR count). The van der Waals surface area contributed by atoms with Crippen LogP contribution >= 0.6 is 11.3 Å². The van der Waals surface area contributed by atoms with E-state index in [2.05, 4.69) is 10.3 Å². The molecule has 7 heteroatoms. The third-order valence-electron chi connectivity index (χ3n) is 4.04. The molecule has 110 valence electrons. The Hall–Kier alpha value is -1.63. The van der Waals surface area contributed by atoms with Crippen LogP contribution in [-0.4, -0.2) is 40.1 Å². The molecule has 2 heterocycles. The first-order valence-corrected chi connectivity index (χ1v) is 7.65. The number of carboxylic acids is 1. The molecule has 20 heavy (non-hydrogen) atoms. The Morgan fingerprint density at radius 1 is 1.50 bits per heavy atom. The van der Waals surface area contributed by atoms with Crippen LogP contribution in [-0.2, 0) is 11.3 Å². The van der Waals surface area contributed by atoms with Crippen LogP contribution in [0.3, 0.4) is 0 Å². The van der Waals surface area contributed by atoms with Gasteiger partial charge in [-0.25, -0.2) is 9.78 Å². The first-order valence-electron chi connectivity index (χ1n) is 6.70. The van der Waals surface area contributed by atoms with Gasteiger partial charge in [0.25, 0.3) is 0 Å². The number of likely N-dealkylation sites (tertiary alicyclic amines) is 1. The van der Waals surface area contributed by atoms with E-state index < -0.39 is 11.4 Å². The largest absolute Gasteiger partial charge is 0.481 e. The molecule has 1 aliphatic rings. The number of piperidine rings is 1. The van der Waals surface area contributed by atoms with E-state index in [1.54, 1.807) is 10.4 Å². The lowest BCUT2D eigenvalue weighted by Gasteiger charge is -2.38. The van der Waals surface area contributed by atoms with Crippen molar-refractivity contribution >= 4 is 23.3 Å². The molecule has 1 aromatic heterocycles. The molecule has 0 aromatic carbocycles. The van der Waals surface area contributed by atoms with Crippen LogP contribution in [0.5, 0.6) is 0 Å². The molecule has 0 unspecified atom stereocenters. The molecule has 0 saturated carbocycles. The number of carboxylic acid groups (broad SMARTS) is 1. The number of aliphatic carboxylic acids is 1. The molecule has 1 aromatic rings. The monoisotopic (exact) mass is 297 g/mol. The minimum atomic E-state index is -0.748. The number of carbonyl (C=O) groups excluding carboxylic acids is 1. The van der Waals surface area contributed by atoms with Crippen LogP contribution in [0.15, 0.2) is 10.9 Å². The maximum Gasteiger partial charge on any atom is 0.317 e. The predicted octanol–water partition coefficient (Wildman–Crippen LogP) is 1.93. The molecule has 0 radical (unpaired) electrons. The van der Waals surface area contributed by atoms with Crippen molar-refractivity contribution in [2.45, 2.75) is 32.7 Å². The molecule has 2 N–H and O–H groups in total. The maximum absolute atomic E-state index is 12.0. The average molecular weight is 297 g/mol. The summed E-state index contributed by atoms with van der Waals surface area (Å²) in [7, 11) is 0. The molecule has 1 saturated heterocycles. The van der Waals surface area contributed by atoms with E-state index in [4.69, 9.17) is 0 Å². The molecular weight excluding hydrogens is 278 g/mol. The van der Waals surface area contributed by atoms with Crippen molar-refractivity contribution in [3.63, 3.8) is 0 Å². The van der Waals surface area contributed by atoms with Gasteiger partial charge in [-0.1, -0.05) is 6.92 Å². The minimum absolute atomic E-state index is 0.145. The lowest BCUT2D eigenvalue weighted by Crippen LogP contribution is -2.49. The second-order valence-electron chi connectivity index (χ2n) is 5.06. The van der Waals surface area contributed by atoms with Gasteiger partial charge in [-0.05, 0) is 19.3 Å². The first-order chi connectivity index (χ1) is 9.57. The molecule has 0 bridgehead atoms. The lowest BCUT2D eigenvalue weighted by molar-refractivity contribution is -0.151. The third-order valence-corrected chi connectivity index (χ3v) is 4.68. The van der Waals surface area contributed by atoms with Crippen LogP contribution < -0.4 is 5.32 Å². The molecule has 6 nitrogen and oxygen atoms in total. The van der Waals surface area contributed by atoms with Gasteiger partial charge in [0, 0.05) is 18.5 Å². The summed E-state index contributed by atoms with van der Waals surface area (Å²) in [5.41, 5.74) is 1.91. The smallest absolute Gasteiger partial charge is 0.317 e. The highest BCUT2D eigenvalue weighted by atomic mass is 32.1. The van der Waals surface area contributed by atoms with E-state index in [-0.39, 0.29) is 6.03 Å². The number of hydrogen-bond acceptors (Lipinski definition) is 4. The van der Waals surface area contributed by atoms with E-state index in [0.717, 1.165) is 5.69 Å². The summed E-state index contributed by atoms with van der Waals surface area (Å²) in [6.07, 6.45) is 1.64. The number of rotatable bonds is 4. The number of hydrogen-bond donors (Lipinski definition) is 2. The van der Waals surface area contributed by atoms with Gasteiger partial charge in [0.2, 0.25) is 0 Å². The van der Waals surface area contributed by atoms with E-state index in [1.807, 2.05) is 12.3 Å². The molecule has 0 aliphatic carbocycles.